The third-order valence-corrected chi connectivity index (χ3v) is 6.43. The molecule has 124 valence electrons. The van der Waals surface area contributed by atoms with Crippen molar-refractivity contribution in [1.82, 2.24) is 9.62 Å². The van der Waals surface area contributed by atoms with Gasteiger partial charge in [-0.15, -0.1) is 0 Å². The summed E-state index contributed by atoms with van der Waals surface area (Å²) in [6, 6.07) is 0.420. The first-order valence-corrected chi connectivity index (χ1v) is 9.14. The highest BCUT2D eigenvalue weighted by molar-refractivity contribution is 7.90. The highest BCUT2D eigenvalue weighted by Gasteiger charge is 2.41. The van der Waals surface area contributed by atoms with Crippen molar-refractivity contribution in [3.05, 3.63) is 0 Å². The van der Waals surface area contributed by atoms with Crippen molar-refractivity contribution in [2.75, 3.05) is 27.2 Å². The molecule has 3 unspecified atom stereocenters. The number of rotatable bonds is 8. The Kier molecular flexibility index (Phi) is 7.09. The van der Waals surface area contributed by atoms with Crippen LogP contribution in [0.4, 0.5) is 0 Å². The number of nitrogens with one attached hydrogen (secondary N) is 1. The fourth-order valence-electron chi connectivity index (χ4n) is 2.72. The minimum atomic E-state index is -3.47. The van der Waals surface area contributed by atoms with Crippen LogP contribution in [0.25, 0.3) is 0 Å². The third-order valence-electron chi connectivity index (χ3n) is 4.47. The van der Waals surface area contributed by atoms with Crippen LogP contribution >= 0.6 is 0 Å². The molecule has 0 aromatic carbocycles. The zero-order valence-electron chi connectivity index (χ0n) is 13.5. The van der Waals surface area contributed by atoms with Gasteiger partial charge in [-0.05, 0) is 33.2 Å². The summed E-state index contributed by atoms with van der Waals surface area (Å²) in [6.07, 6.45) is 2.88. The molecule has 0 aromatic rings. The van der Waals surface area contributed by atoms with Gasteiger partial charge in [0, 0.05) is 19.1 Å². The van der Waals surface area contributed by atoms with Crippen LogP contribution in [0.3, 0.4) is 0 Å². The number of sulfonamides is 1. The van der Waals surface area contributed by atoms with E-state index in [0.717, 1.165) is 12.8 Å². The molecule has 0 spiro atoms. The van der Waals surface area contributed by atoms with Crippen molar-refractivity contribution in [2.24, 2.45) is 5.92 Å². The van der Waals surface area contributed by atoms with E-state index in [-0.39, 0.29) is 0 Å². The fourth-order valence-corrected chi connectivity index (χ4v) is 4.47. The van der Waals surface area contributed by atoms with Gasteiger partial charge in [0.1, 0.15) is 0 Å². The molecular formula is C14H28N2O4S. The first-order chi connectivity index (χ1) is 9.83. The number of ether oxygens (including phenoxy) is 1. The van der Waals surface area contributed by atoms with E-state index in [1.165, 1.54) is 7.11 Å². The van der Waals surface area contributed by atoms with Gasteiger partial charge in [0.2, 0.25) is 10.0 Å². The first-order valence-electron chi connectivity index (χ1n) is 7.60. The Morgan fingerprint density at radius 1 is 1.43 bits per heavy atom. The van der Waals surface area contributed by atoms with Crippen LogP contribution in [-0.4, -0.2) is 57.8 Å². The quantitative estimate of drug-likeness (QED) is 0.675. The SMILES string of the molecule is CCC(C)N(C)CCNS(=O)(=O)C1CCCC1C(=O)OC. The number of methoxy groups -OCH3 is 1. The molecule has 0 heterocycles. The number of esters is 1. The average Bonchev–Trinajstić information content (AvgIpc) is 2.95. The first kappa shape index (κ1) is 18.4. The van der Waals surface area contributed by atoms with Gasteiger partial charge in [-0.1, -0.05) is 13.3 Å². The van der Waals surface area contributed by atoms with Crippen molar-refractivity contribution in [2.45, 2.75) is 50.8 Å². The molecule has 0 radical (unpaired) electrons. The topological polar surface area (TPSA) is 75.7 Å². The molecule has 1 aliphatic rings. The van der Waals surface area contributed by atoms with Gasteiger partial charge in [-0.3, -0.25) is 4.79 Å². The van der Waals surface area contributed by atoms with Gasteiger partial charge < -0.3 is 9.64 Å². The van der Waals surface area contributed by atoms with Crippen molar-refractivity contribution in [3.63, 3.8) is 0 Å². The Morgan fingerprint density at radius 3 is 2.67 bits per heavy atom. The minimum Gasteiger partial charge on any atom is -0.469 e. The Balaban J connectivity index is 2.55. The zero-order chi connectivity index (χ0) is 16.0. The van der Waals surface area contributed by atoms with E-state index in [1.54, 1.807) is 0 Å². The minimum absolute atomic E-state index is 0.369. The molecule has 0 aliphatic heterocycles. The molecule has 6 nitrogen and oxygen atoms in total. The maximum atomic E-state index is 12.3. The second kappa shape index (κ2) is 8.10. The van der Waals surface area contributed by atoms with Crippen molar-refractivity contribution < 1.29 is 17.9 Å². The largest absolute Gasteiger partial charge is 0.469 e. The monoisotopic (exact) mass is 320 g/mol. The van der Waals surface area contributed by atoms with Crippen molar-refractivity contribution in [3.8, 4) is 0 Å². The number of hydrogen-bond acceptors (Lipinski definition) is 5. The lowest BCUT2D eigenvalue weighted by molar-refractivity contribution is -0.145. The number of hydrogen-bond donors (Lipinski definition) is 1. The highest BCUT2D eigenvalue weighted by atomic mass is 32.2. The Morgan fingerprint density at radius 2 is 2.10 bits per heavy atom. The summed E-state index contributed by atoms with van der Waals surface area (Å²) in [5.41, 5.74) is 0. The van der Waals surface area contributed by atoms with E-state index in [0.29, 0.717) is 32.0 Å². The second-order valence-corrected chi connectivity index (χ2v) is 7.76. The summed E-state index contributed by atoms with van der Waals surface area (Å²) in [4.78, 5) is 13.8. The molecule has 0 saturated heterocycles. The van der Waals surface area contributed by atoms with Crippen LogP contribution in [0.15, 0.2) is 0 Å². The second-order valence-electron chi connectivity index (χ2n) is 5.78. The van der Waals surface area contributed by atoms with Crippen LogP contribution in [0, 0.1) is 5.92 Å². The smallest absolute Gasteiger partial charge is 0.310 e. The van der Waals surface area contributed by atoms with E-state index in [9.17, 15) is 13.2 Å². The standard InChI is InChI=1S/C14H28N2O4S/c1-5-11(2)16(3)10-9-15-21(18,19)13-8-6-7-12(13)14(17)20-4/h11-13,15H,5-10H2,1-4H3. The number of likely N-dealkylation sites (N-methyl/N-ethyl adjacent to an activating group) is 1. The number of carbonyl (C=O) groups is 1. The maximum Gasteiger partial charge on any atom is 0.310 e. The molecule has 1 fully saturated rings. The normalized spacial score (nSPS) is 24.2. The molecule has 7 heteroatoms. The summed E-state index contributed by atoms with van der Waals surface area (Å²) >= 11 is 0. The van der Waals surface area contributed by atoms with E-state index >= 15 is 0 Å². The molecule has 1 aliphatic carbocycles. The van der Waals surface area contributed by atoms with Crippen molar-refractivity contribution in [1.29, 1.82) is 0 Å². The van der Waals surface area contributed by atoms with E-state index < -0.39 is 27.2 Å². The number of nitrogens with zero attached hydrogens (tertiary/aromatic N) is 1. The maximum absolute atomic E-state index is 12.3. The van der Waals surface area contributed by atoms with Crippen LogP contribution in [-0.2, 0) is 19.6 Å². The predicted octanol–water partition coefficient (Wildman–Crippen LogP) is 0.978. The average molecular weight is 320 g/mol. The molecular weight excluding hydrogens is 292 g/mol. The lowest BCUT2D eigenvalue weighted by Gasteiger charge is -2.24. The Bertz CT molecular complexity index is 438. The van der Waals surface area contributed by atoms with Gasteiger partial charge in [0.05, 0.1) is 18.3 Å². The third kappa shape index (κ3) is 4.93. The molecule has 3 atom stereocenters. The molecule has 1 rings (SSSR count). The van der Waals surface area contributed by atoms with Gasteiger partial charge in [-0.25, -0.2) is 13.1 Å². The van der Waals surface area contributed by atoms with Gasteiger partial charge in [0.15, 0.2) is 0 Å². The molecule has 0 aromatic heterocycles. The van der Waals surface area contributed by atoms with E-state index in [4.69, 9.17) is 4.74 Å². The summed E-state index contributed by atoms with van der Waals surface area (Å²) < 4.78 is 32.0. The lowest BCUT2D eigenvalue weighted by atomic mass is 10.1. The highest BCUT2D eigenvalue weighted by Crippen LogP contribution is 2.31. The summed E-state index contributed by atoms with van der Waals surface area (Å²) in [5.74, 6) is -0.945. The molecule has 1 saturated carbocycles. The Labute approximate surface area is 128 Å². The predicted molar refractivity (Wildman–Crippen MR) is 82.5 cm³/mol. The van der Waals surface area contributed by atoms with E-state index in [1.807, 2.05) is 7.05 Å². The lowest BCUT2D eigenvalue weighted by Crippen LogP contribution is -2.43. The van der Waals surface area contributed by atoms with Gasteiger partial charge in [-0.2, -0.15) is 0 Å². The van der Waals surface area contributed by atoms with Crippen LogP contribution in [0.1, 0.15) is 39.5 Å². The molecule has 0 amide bonds. The van der Waals surface area contributed by atoms with Gasteiger partial charge >= 0.3 is 5.97 Å². The molecule has 1 N–H and O–H groups in total. The molecule has 0 bridgehead atoms. The Hall–Kier alpha value is -0.660. The van der Waals surface area contributed by atoms with E-state index in [2.05, 4.69) is 23.5 Å². The molecule has 21 heavy (non-hydrogen) atoms. The summed E-state index contributed by atoms with van der Waals surface area (Å²) in [7, 11) is -0.184. The summed E-state index contributed by atoms with van der Waals surface area (Å²) in [5, 5.41) is -0.654. The van der Waals surface area contributed by atoms with Crippen LogP contribution in [0.5, 0.6) is 0 Å². The van der Waals surface area contributed by atoms with Crippen LogP contribution in [0.2, 0.25) is 0 Å². The fraction of sp³-hybridized carbons (Fsp3) is 0.929. The number of carbonyl (C=O) groups excluding carboxylic acids is 1. The van der Waals surface area contributed by atoms with Crippen LogP contribution < -0.4 is 4.72 Å². The van der Waals surface area contributed by atoms with Crippen molar-refractivity contribution >= 4 is 16.0 Å². The zero-order valence-corrected chi connectivity index (χ0v) is 14.3. The van der Waals surface area contributed by atoms with Gasteiger partial charge in [0.25, 0.3) is 0 Å². The summed E-state index contributed by atoms with van der Waals surface area (Å²) in [6.45, 7) is 5.24.